The van der Waals surface area contributed by atoms with Crippen LogP contribution in [0.4, 0.5) is 0 Å². The molecule has 3 unspecified atom stereocenters. The molecule has 1 aliphatic carbocycles. The number of rotatable bonds is 5. The molecule has 2 saturated heterocycles. The summed E-state index contributed by atoms with van der Waals surface area (Å²) in [5.41, 5.74) is 1.28. The smallest absolute Gasteiger partial charge is 0.220 e. The van der Waals surface area contributed by atoms with Gasteiger partial charge in [0.05, 0.1) is 6.04 Å². The summed E-state index contributed by atoms with van der Waals surface area (Å²) in [5, 5.41) is 7.09. The quantitative estimate of drug-likeness (QED) is 0.860. The molecule has 130 valence electrons. The number of piperidine rings is 1. The molecule has 1 amide bonds. The van der Waals surface area contributed by atoms with Gasteiger partial charge in [0.1, 0.15) is 0 Å². The third-order valence-corrected chi connectivity index (χ3v) is 6.39. The number of hydrogen-bond acceptors (Lipinski definition) is 2. The van der Waals surface area contributed by atoms with Gasteiger partial charge in [0, 0.05) is 18.5 Å². The van der Waals surface area contributed by atoms with Gasteiger partial charge < -0.3 is 10.6 Å². The van der Waals surface area contributed by atoms with Crippen LogP contribution < -0.4 is 10.6 Å². The van der Waals surface area contributed by atoms with Crippen molar-refractivity contribution >= 4 is 5.91 Å². The molecule has 24 heavy (non-hydrogen) atoms. The van der Waals surface area contributed by atoms with Crippen molar-refractivity contribution in [3.8, 4) is 0 Å². The van der Waals surface area contributed by atoms with Crippen LogP contribution >= 0.6 is 0 Å². The van der Waals surface area contributed by atoms with Crippen molar-refractivity contribution in [3.63, 3.8) is 0 Å². The van der Waals surface area contributed by atoms with Crippen LogP contribution in [-0.2, 0) is 4.79 Å². The van der Waals surface area contributed by atoms with Crippen molar-refractivity contribution in [1.29, 1.82) is 0 Å². The number of amides is 1. The van der Waals surface area contributed by atoms with Gasteiger partial charge in [-0.05, 0) is 55.9 Å². The lowest BCUT2D eigenvalue weighted by Crippen LogP contribution is -2.40. The molecule has 1 aromatic carbocycles. The predicted octanol–water partition coefficient (Wildman–Crippen LogP) is 3.95. The van der Waals surface area contributed by atoms with E-state index in [4.69, 9.17) is 0 Å². The highest BCUT2D eigenvalue weighted by molar-refractivity contribution is 5.76. The Balaban J connectivity index is 1.39. The Morgan fingerprint density at radius 3 is 2.38 bits per heavy atom. The first-order valence-corrected chi connectivity index (χ1v) is 9.88. The number of hydrogen-bond donors (Lipinski definition) is 2. The first-order chi connectivity index (χ1) is 11.8. The molecule has 2 bridgehead atoms. The number of fused-ring (bicyclic) bond motifs is 2. The maximum absolute atomic E-state index is 12.8. The summed E-state index contributed by atoms with van der Waals surface area (Å²) in [4.78, 5) is 12.8. The molecule has 2 N–H and O–H groups in total. The summed E-state index contributed by atoms with van der Waals surface area (Å²) in [7, 11) is 0. The predicted molar refractivity (Wildman–Crippen MR) is 96.6 cm³/mol. The molecule has 3 heteroatoms. The highest BCUT2D eigenvalue weighted by atomic mass is 16.1. The minimum atomic E-state index is 0.208. The summed E-state index contributed by atoms with van der Waals surface area (Å²) in [6, 6.07) is 12.1. The summed E-state index contributed by atoms with van der Waals surface area (Å²) >= 11 is 0. The Labute approximate surface area is 145 Å². The zero-order valence-corrected chi connectivity index (χ0v) is 14.5. The summed E-state index contributed by atoms with van der Waals surface area (Å²) < 4.78 is 0. The van der Waals surface area contributed by atoms with Gasteiger partial charge in [0.2, 0.25) is 5.91 Å². The van der Waals surface area contributed by atoms with Crippen LogP contribution in [-0.4, -0.2) is 18.0 Å². The summed E-state index contributed by atoms with van der Waals surface area (Å²) in [5.74, 6) is 1.45. The highest BCUT2D eigenvalue weighted by Crippen LogP contribution is 2.36. The van der Waals surface area contributed by atoms with E-state index in [0.29, 0.717) is 30.3 Å². The van der Waals surface area contributed by atoms with Gasteiger partial charge in [-0.1, -0.05) is 43.2 Å². The summed E-state index contributed by atoms with van der Waals surface area (Å²) in [6.45, 7) is 0. The molecule has 3 nitrogen and oxygen atoms in total. The minimum Gasteiger partial charge on any atom is -0.349 e. The van der Waals surface area contributed by atoms with Crippen molar-refractivity contribution in [2.75, 3.05) is 0 Å². The Hall–Kier alpha value is -1.35. The van der Waals surface area contributed by atoms with Crippen molar-refractivity contribution in [2.45, 2.75) is 75.9 Å². The van der Waals surface area contributed by atoms with E-state index in [-0.39, 0.29) is 11.9 Å². The molecule has 4 rings (SSSR count). The number of benzene rings is 1. The lowest BCUT2D eigenvalue weighted by Gasteiger charge is -2.30. The number of carbonyl (C=O) groups excluding carboxylic acids is 1. The topological polar surface area (TPSA) is 41.1 Å². The molecule has 3 fully saturated rings. The molecule has 2 aliphatic heterocycles. The Morgan fingerprint density at radius 2 is 1.71 bits per heavy atom. The van der Waals surface area contributed by atoms with E-state index in [1.165, 1.54) is 56.9 Å². The van der Waals surface area contributed by atoms with Crippen LogP contribution in [0.15, 0.2) is 30.3 Å². The van der Waals surface area contributed by atoms with Crippen LogP contribution in [0.5, 0.6) is 0 Å². The van der Waals surface area contributed by atoms with E-state index in [2.05, 4.69) is 41.0 Å². The van der Waals surface area contributed by atoms with Crippen LogP contribution in [0.25, 0.3) is 0 Å². The first kappa shape index (κ1) is 16.1. The third-order valence-electron chi connectivity index (χ3n) is 6.39. The van der Waals surface area contributed by atoms with Gasteiger partial charge in [-0.3, -0.25) is 4.79 Å². The van der Waals surface area contributed by atoms with Crippen molar-refractivity contribution in [3.05, 3.63) is 35.9 Å². The van der Waals surface area contributed by atoms with Gasteiger partial charge in [-0.25, -0.2) is 0 Å². The molecule has 1 saturated carbocycles. The maximum atomic E-state index is 12.8. The zero-order valence-electron chi connectivity index (χ0n) is 14.5. The monoisotopic (exact) mass is 326 g/mol. The van der Waals surface area contributed by atoms with Gasteiger partial charge in [-0.2, -0.15) is 0 Å². The van der Waals surface area contributed by atoms with E-state index in [1.807, 2.05) is 0 Å². The van der Waals surface area contributed by atoms with E-state index in [9.17, 15) is 4.79 Å². The molecule has 3 atom stereocenters. The SMILES string of the molecule is O=C(CC1CC2CCC(C1)N2)NC(c1ccccc1)C1CCCC1. The lowest BCUT2D eigenvalue weighted by atomic mass is 9.88. The van der Waals surface area contributed by atoms with Crippen molar-refractivity contribution in [1.82, 2.24) is 10.6 Å². The van der Waals surface area contributed by atoms with Crippen LogP contribution in [0.3, 0.4) is 0 Å². The maximum Gasteiger partial charge on any atom is 0.220 e. The fourth-order valence-electron chi connectivity index (χ4n) is 5.26. The van der Waals surface area contributed by atoms with Gasteiger partial charge in [0.25, 0.3) is 0 Å². The molecule has 0 aromatic heterocycles. The minimum absolute atomic E-state index is 0.208. The zero-order chi connectivity index (χ0) is 16.4. The van der Waals surface area contributed by atoms with E-state index in [1.54, 1.807) is 0 Å². The normalized spacial score (nSPS) is 31.1. The van der Waals surface area contributed by atoms with Crippen LogP contribution in [0, 0.1) is 11.8 Å². The number of nitrogens with one attached hydrogen (secondary N) is 2. The van der Waals surface area contributed by atoms with Crippen molar-refractivity contribution < 1.29 is 4.79 Å². The summed E-state index contributed by atoms with van der Waals surface area (Å²) in [6.07, 6.45) is 10.8. The molecule has 3 aliphatic rings. The standard InChI is InChI=1S/C21H30N2O/c24-20(14-15-12-18-10-11-19(13-15)22-18)23-21(17-8-4-5-9-17)16-6-2-1-3-7-16/h1-3,6-7,15,17-19,21-22H,4-5,8-14H2,(H,23,24). The van der Waals surface area contributed by atoms with Gasteiger partial charge in [0.15, 0.2) is 0 Å². The molecule has 1 aromatic rings. The van der Waals surface area contributed by atoms with E-state index in [0.717, 1.165) is 0 Å². The Bertz CT molecular complexity index is 540. The van der Waals surface area contributed by atoms with Gasteiger partial charge >= 0.3 is 0 Å². The largest absolute Gasteiger partial charge is 0.349 e. The van der Waals surface area contributed by atoms with Crippen LogP contribution in [0.1, 0.15) is 69.4 Å². The number of carbonyl (C=O) groups is 1. The Kier molecular flexibility index (Phi) is 4.88. The van der Waals surface area contributed by atoms with E-state index < -0.39 is 0 Å². The van der Waals surface area contributed by atoms with Crippen molar-refractivity contribution in [2.24, 2.45) is 11.8 Å². The third kappa shape index (κ3) is 3.66. The lowest BCUT2D eigenvalue weighted by molar-refractivity contribution is -0.123. The molecular formula is C21H30N2O. The fourth-order valence-corrected chi connectivity index (χ4v) is 5.26. The average molecular weight is 326 g/mol. The molecule has 0 spiro atoms. The fraction of sp³-hybridized carbons (Fsp3) is 0.667. The van der Waals surface area contributed by atoms with Gasteiger partial charge in [-0.15, -0.1) is 0 Å². The Morgan fingerprint density at radius 1 is 1.04 bits per heavy atom. The first-order valence-electron chi connectivity index (χ1n) is 9.88. The molecular weight excluding hydrogens is 296 g/mol. The second-order valence-electron chi connectivity index (χ2n) is 8.18. The highest BCUT2D eigenvalue weighted by Gasteiger charge is 2.35. The van der Waals surface area contributed by atoms with E-state index >= 15 is 0 Å². The van der Waals surface area contributed by atoms with Crippen LogP contribution in [0.2, 0.25) is 0 Å². The second-order valence-corrected chi connectivity index (χ2v) is 8.18. The second kappa shape index (κ2) is 7.26. The average Bonchev–Trinajstić information content (AvgIpc) is 3.23. The molecule has 0 radical (unpaired) electrons. The molecule has 2 heterocycles.